The van der Waals surface area contributed by atoms with Crippen molar-refractivity contribution in [3.63, 3.8) is 0 Å². The lowest BCUT2D eigenvalue weighted by atomic mass is 9.88. The van der Waals surface area contributed by atoms with Crippen LogP contribution in [0, 0.1) is 0 Å². The minimum Gasteiger partial charge on any atom is -0.388 e. The van der Waals surface area contributed by atoms with Gasteiger partial charge in [-0.1, -0.05) is 34.1 Å². The molecule has 0 aliphatic carbocycles. The predicted molar refractivity (Wildman–Crippen MR) is 129 cm³/mol. The number of aliphatic hydroxyl groups is 2. The van der Waals surface area contributed by atoms with Gasteiger partial charge in [-0.25, -0.2) is 15.0 Å². The van der Waals surface area contributed by atoms with E-state index in [1.807, 2.05) is 27.7 Å². The summed E-state index contributed by atoms with van der Waals surface area (Å²) in [6.45, 7) is 7.64. The van der Waals surface area contributed by atoms with Crippen LogP contribution in [0.1, 0.15) is 72.4 Å². The lowest BCUT2D eigenvalue weighted by molar-refractivity contribution is -0.0714. The van der Waals surface area contributed by atoms with Crippen molar-refractivity contribution < 1.29 is 28.9 Å². The molecule has 0 aromatic carbocycles. The van der Waals surface area contributed by atoms with Crippen molar-refractivity contribution in [2.24, 2.45) is 0 Å². The molecule has 6 unspecified atom stereocenters. The monoisotopic (exact) mass is 499 g/mol. The van der Waals surface area contributed by atoms with Crippen LogP contribution in [0.2, 0.25) is 0 Å². The quantitative estimate of drug-likeness (QED) is 0.320. The Bertz CT molecular complexity index is 999. The van der Waals surface area contributed by atoms with Crippen LogP contribution in [0.3, 0.4) is 0 Å². The highest BCUT2D eigenvalue weighted by molar-refractivity contribution is 7.53. The molecule has 3 rings (SSSR count). The van der Waals surface area contributed by atoms with E-state index >= 15 is 0 Å². The van der Waals surface area contributed by atoms with Gasteiger partial charge in [-0.3, -0.25) is 9.13 Å². The number of anilines is 1. The summed E-state index contributed by atoms with van der Waals surface area (Å²) < 4.78 is 26.9. The number of rotatable bonds is 12. The number of aliphatic hydroxyl groups excluding tert-OH is 2. The predicted octanol–water partition coefficient (Wildman–Crippen LogP) is 3.22. The van der Waals surface area contributed by atoms with Crippen LogP contribution in [0.25, 0.3) is 11.2 Å². The smallest absolute Gasteiger partial charge is 0.331 e. The Morgan fingerprint density at radius 3 is 2.50 bits per heavy atom. The summed E-state index contributed by atoms with van der Waals surface area (Å²) in [6, 6.07) is 0. The third kappa shape index (κ3) is 5.15. The Balaban J connectivity index is 1.85. The highest BCUT2D eigenvalue weighted by Gasteiger charge is 2.49. The molecular formula is C22H38N5O6P. The molecule has 0 saturated carbocycles. The Morgan fingerprint density at radius 2 is 1.91 bits per heavy atom. The summed E-state index contributed by atoms with van der Waals surface area (Å²) in [5.41, 5.74) is -0.457. The molecule has 0 amide bonds. The van der Waals surface area contributed by atoms with Gasteiger partial charge in [0.05, 0.1) is 23.7 Å². The first kappa shape index (κ1) is 27.0. The highest BCUT2D eigenvalue weighted by atomic mass is 31.2. The topological polar surface area (TPSA) is 152 Å². The van der Waals surface area contributed by atoms with E-state index < -0.39 is 43.4 Å². The van der Waals surface area contributed by atoms with Crippen molar-refractivity contribution in [1.29, 1.82) is 0 Å². The van der Waals surface area contributed by atoms with E-state index in [4.69, 9.17) is 9.26 Å². The molecule has 1 aliphatic heterocycles. The maximum Gasteiger partial charge on any atom is 0.331 e. The van der Waals surface area contributed by atoms with Gasteiger partial charge in [0.25, 0.3) is 0 Å². The Morgan fingerprint density at radius 1 is 1.21 bits per heavy atom. The van der Waals surface area contributed by atoms with E-state index in [-0.39, 0.29) is 6.42 Å². The van der Waals surface area contributed by atoms with Crippen molar-refractivity contribution in [1.82, 2.24) is 19.5 Å². The zero-order valence-corrected chi connectivity index (χ0v) is 21.5. The van der Waals surface area contributed by atoms with E-state index in [0.717, 1.165) is 6.42 Å². The van der Waals surface area contributed by atoms with Crippen molar-refractivity contribution in [2.75, 3.05) is 12.4 Å². The zero-order chi connectivity index (χ0) is 25.1. The lowest BCUT2D eigenvalue weighted by Gasteiger charge is -2.37. The molecule has 1 saturated heterocycles. The maximum atomic E-state index is 13.2. The van der Waals surface area contributed by atoms with E-state index in [1.54, 1.807) is 11.6 Å². The molecule has 12 heteroatoms. The third-order valence-corrected chi connectivity index (χ3v) is 9.14. The Hall–Kier alpha value is -1.62. The lowest BCUT2D eigenvalue weighted by Crippen LogP contribution is -2.40. The van der Waals surface area contributed by atoms with Crippen molar-refractivity contribution in [2.45, 2.75) is 102 Å². The van der Waals surface area contributed by atoms with Gasteiger partial charge in [-0.05, 0) is 25.7 Å². The number of nitrogens with zero attached hydrogens (tertiary/aromatic N) is 4. The number of hydrogen-bond acceptors (Lipinski definition) is 9. The van der Waals surface area contributed by atoms with Gasteiger partial charge in [0.1, 0.15) is 24.1 Å². The first-order valence-corrected chi connectivity index (χ1v) is 13.7. The molecule has 0 spiro atoms. The number of hydrogen-bond donors (Lipinski definition) is 4. The van der Waals surface area contributed by atoms with Crippen molar-refractivity contribution in [3.8, 4) is 0 Å². The fraction of sp³-hybridized carbons (Fsp3) is 0.773. The van der Waals surface area contributed by atoms with Crippen LogP contribution in [-0.2, 0) is 13.8 Å². The standard InChI is InChI=1S/C22H38N5O6P/c1-6-10-14(7-2)34(30,31)33-22(8-3,9-4)11-15-17(28)18(29)21(32-15)27-13-26-16-19(23-5)24-12-25-20(16)27/h12-15,17-18,21,28-29H,6-11H2,1-5H3,(H,30,31)(H,23,24,25). The normalized spacial score (nSPS) is 26.0. The fourth-order valence-corrected chi connectivity index (χ4v) is 6.79. The second-order valence-corrected chi connectivity index (χ2v) is 11.0. The van der Waals surface area contributed by atoms with Crippen molar-refractivity contribution >= 4 is 24.6 Å². The highest BCUT2D eigenvalue weighted by Crippen LogP contribution is 2.56. The summed E-state index contributed by atoms with van der Waals surface area (Å²) in [7, 11) is -2.19. The first-order chi connectivity index (χ1) is 16.2. The van der Waals surface area contributed by atoms with Crippen LogP contribution in [0.4, 0.5) is 5.82 Å². The number of aromatic nitrogens is 4. The van der Waals surface area contributed by atoms with Crippen LogP contribution >= 0.6 is 7.60 Å². The molecule has 34 heavy (non-hydrogen) atoms. The second kappa shape index (κ2) is 11.0. The number of fused-ring (bicyclic) bond motifs is 1. The first-order valence-electron chi connectivity index (χ1n) is 12.1. The zero-order valence-electron chi connectivity index (χ0n) is 20.6. The molecule has 1 aliphatic rings. The van der Waals surface area contributed by atoms with E-state index in [1.165, 1.54) is 12.7 Å². The van der Waals surface area contributed by atoms with Gasteiger partial charge < -0.3 is 29.7 Å². The van der Waals surface area contributed by atoms with Gasteiger partial charge in [-0.15, -0.1) is 0 Å². The molecule has 0 radical (unpaired) electrons. The number of ether oxygens (including phenoxy) is 1. The van der Waals surface area contributed by atoms with Crippen LogP contribution < -0.4 is 5.32 Å². The molecule has 11 nitrogen and oxygen atoms in total. The van der Waals surface area contributed by atoms with Crippen LogP contribution in [0.15, 0.2) is 12.7 Å². The SMILES string of the molecule is CCCC(CC)P(=O)(O)OC(CC)(CC)CC1OC(n2cnc3c(NC)ncnc32)C(O)C1O. The van der Waals surface area contributed by atoms with E-state index in [9.17, 15) is 19.7 Å². The third-order valence-electron chi connectivity index (χ3n) is 6.95. The number of nitrogens with one attached hydrogen (secondary N) is 1. The van der Waals surface area contributed by atoms with Gasteiger partial charge in [0, 0.05) is 13.5 Å². The largest absolute Gasteiger partial charge is 0.388 e. The average molecular weight is 500 g/mol. The van der Waals surface area contributed by atoms with Crippen LogP contribution in [0.5, 0.6) is 0 Å². The average Bonchev–Trinajstić information content (AvgIpc) is 3.37. The summed E-state index contributed by atoms with van der Waals surface area (Å²) >= 11 is 0. The molecule has 4 N–H and O–H groups in total. The van der Waals surface area contributed by atoms with Crippen molar-refractivity contribution in [3.05, 3.63) is 12.7 Å². The number of imidazole rings is 1. The molecule has 3 heterocycles. The van der Waals surface area contributed by atoms with Gasteiger partial charge in [0.15, 0.2) is 17.7 Å². The van der Waals surface area contributed by atoms with E-state index in [0.29, 0.717) is 42.7 Å². The summed E-state index contributed by atoms with van der Waals surface area (Å²) in [5, 5.41) is 24.6. The summed E-state index contributed by atoms with van der Waals surface area (Å²) in [4.78, 5) is 23.5. The maximum absolute atomic E-state index is 13.2. The van der Waals surface area contributed by atoms with Gasteiger partial charge in [0.2, 0.25) is 0 Å². The Kier molecular flexibility index (Phi) is 8.70. The summed E-state index contributed by atoms with van der Waals surface area (Å²) in [6.07, 6.45) is 1.66. The fourth-order valence-electron chi connectivity index (χ4n) is 4.70. The molecule has 192 valence electrons. The van der Waals surface area contributed by atoms with E-state index in [2.05, 4.69) is 20.3 Å². The second-order valence-electron chi connectivity index (χ2n) is 8.94. The molecule has 0 bridgehead atoms. The minimum absolute atomic E-state index is 0.158. The van der Waals surface area contributed by atoms with Gasteiger partial charge >= 0.3 is 7.60 Å². The molecular weight excluding hydrogens is 461 g/mol. The summed E-state index contributed by atoms with van der Waals surface area (Å²) in [5.74, 6) is 0.536. The van der Waals surface area contributed by atoms with Gasteiger partial charge in [-0.2, -0.15) is 0 Å². The minimum atomic E-state index is -3.91. The Labute approximate surface area is 200 Å². The van der Waals surface area contributed by atoms with Crippen LogP contribution in [-0.4, -0.2) is 71.2 Å². The molecule has 2 aromatic heterocycles. The molecule has 2 aromatic rings. The molecule has 6 atom stereocenters. The molecule has 1 fully saturated rings.